The van der Waals surface area contributed by atoms with Gasteiger partial charge in [-0.25, -0.2) is 0 Å². The SMILES string of the molecule is CCCCC(C)C=CC1C2CC(=O)CC12. The van der Waals surface area contributed by atoms with E-state index in [4.69, 9.17) is 0 Å². The Hall–Kier alpha value is -0.590. The average molecular weight is 206 g/mol. The van der Waals surface area contributed by atoms with Crippen LogP contribution in [-0.2, 0) is 4.79 Å². The van der Waals surface area contributed by atoms with Crippen molar-refractivity contribution >= 4 is 5.78 Å². The number of hydrogen-bond donors (Lipinski definition) is 0. The molecule has 1 heteroatoms. The molecule has 1 nitrogen and oxygen atoms in total. The maximum Gasteiger partial charge on any atom is 0.133 e. The van der Waals surface area contributed by atoms with Crippen molar-refractivity contribution in [2.75, 3.05) is 0 Å². The van der Waals surface area contributed by atoms with Crippen LogP contribution in [0.15, 0.2) is 12.2 Å². The quantitative estimate of drug-likeness (QED) is 0.628. The highest BCUT2D eigenvalue weighted by molar-refractivity contribution is 5.83. The molecule has 2 aliphatic carbocycles. The summed E-state index contributed by atoms with van der Waals surface area (Å²) in [6.45, 7) is 4.54. The van der Waals surface area contributed by atoms with E-state index >= 15 is 0 Å². The Kier molecular flexibility index (Phi) is 3.28. The number of carbonyl (C=O) groups excluding carboxylic acids is 1. The zero-order valence-electron chi connectivity index (χ0n) is 9.91. The summed E-state index contributed by atoms with van der Waals surface area (Å²) in [5.74, 6) is 3.43. The third-order valence-corrected chi connectivity index (χ3v) is 4.00. The first-order valence-electron chi connectivity index (χ1n) is 6.42. The monoisotopic (exact) mass is 206 g/mol. The number of rotatable bonds is 5. The van der Waals surface area contributed by atoms with Gasteiger partial charge >= 0.3 is 0 Å². The highest BCUT2D eigenvalue weighted by atomic mass is 16.1. The third kappa shape index (κ3) is 2.50. The second kappa shape index (κ2) is 4.51. The lowest BCUT2D eigenvalue weighted by molar-refractivity contribution is -0.118. The number of Topliss-reactive ketones (excluding diaryl/α,β-unsaturated/α-hetero) is 1. The first-order valence-corrected chi connectivity index (χ1v) is 6.42. The van der Waals surface area contributed by atoms with Crippen molar-refractivity contribution in [2.45, 2.75) is 46.0 Å². The standard InChI is InChI=1S/C14H22O/c1-3-4-5-10(2)6-7-12-13-8-11(15)9-14(12)13/h6-7,10,12-14H,3-5,8-9H2,1-2H3. The summed E-state index contributed by atoms with van der Waals surface area (Å²) >= 11 is 0. The summed E-state index contributed by atoms with van der Waals surface area (Å²) in [4.78, 5) is 11.1. The molecule has 3 atom stereocenters. The van der Waals surface area contributed by atoms with E-state index in [1.54, 1.807) is 0 Å². The summed E-state index contributed by atoms with van der Waals surface area (Å²) in [6.07, 6.45) is 10.4. The van der Waals surface area contributed by atoms with Crippen molar-refractivity contribution in [1.29, 1.82) is 0 Å². The van der Waals surface area contributed by atoms with E-state index in [1.807, 2.05) is 0 Å². The van der Waals surface area contributed by atoms with Crippen LogP contribution in [0, 0.1) is 23.7 Å². The molecule has 0 amide bonds. The van der Waals surface area contributed by atoms with Crippen molar-refractivity contribution in [3.8, 4) is 0 Å². The molecule has 84 valence electrons. The molecule has 2 fully saturated rings. The average Bonchev–Trinajstić information content (AvgIpc) is 2.67. The van der Waals surface area contributed by atoms with Crippen LogP contribution in [0.2, 0.25) is 0 Å². The Morgan fingerprint density at radius 1 is 1.40 bits per heavy atom. The molecule has 0 aromatic heterocycles. The predicted octanol–water partition coefficient (Wildman–Crippen LogP) is 3.59. The van der Waals surface area contributed by atoms with Gasteiger partial charge in [-0.2, -0.15) is 0 Å². The fraction of sp³-hybridized carbons (Fsp3) is 0.786. The van der Waals surface area contributed by atoms with Gasteiger partial charge in [-0.1, -0.05) is 38.8 Å². The number of hydrogen-bond acceptors (Lipinski definition) is 1. The lowest BCUT2D eigenvalue weighted by atomic mass is 10.0. The highest BCUT2D eigenvalue weighted by Crippen LogP contribution is 2.56. The first-order chi connectivity index (χ1) is 7.22. The van der Waals surface area contributed by atoms with Crippen LogP contribution >= 0.6 is 0 Å². The van der Waals surface area contributed by atoms with Gasteiger partial charge in [-0.05, 0) is 30.1 Å². The van der Waals surface area contributed by atoms with Crippen LogP contribution in [0.3, 0.4) is 0 Å². The van der Waals surface area contributed by atoms with Crippen LogP contribution in [0.4, 0.5) is 0 Å². The Balaban J connectivity index is 1.70. The molecule has 0 saturated heterocycles. The summed E-state index contributed by atoms with van der Waals surface area (Å²) in [7, 11) is 0. The molecule has 0 spiro atoms. The summed E-state index contributed by atoms with van der Waals surface area (Å²) in [5.41, 5.74) is 0. The minimum atomic E-state index is 0.494. The van der Waals surface area contributed by atoms with E-state index in [0.29, 0.717) is 5.78 Å². The molecule has 2 rings (SSSR count). The van der Waals surface area contributed by atoms with Crippen molar-refractivity contribution in [3.63, 3.8) is 0 Å². The number of carbonyl (C=O) groups is 1. The molecule has 15 heavy (non-hydrogen) atoms. The van der Waals surface area contributed by atoms with Gasteiger partial charge in [0.1, 0.15) is 5.78 Å². The molecule has 2 aliphatic rings. The lowest BCUT2D eigenvalue weighted by Gasteiger charge is -2.04. The second-order valence-corrected chi connectivity index (χ2v) is 5.36. The van der Waals surface area contributed by atoms with Crippen LogP contribution in [0.1, 0.15) is 46.0 Å². The van der Waals surface area contributed by atoms with E-state index in [1.165, 1.54) is 19.3 Å². The zero-order chi connectivity index (χ0) is 10.8. The Morgan fingerprint density at radius 2 is 2.07 bits per heavy atom. The molecule has 2 saturated carbocycles. The van der Waals surface area contributed by atoms with Crippen LogP contribution in [0.5, 0.6) is 0 Å². The van der Waals surface area contributed by atoms with Crippen molar-refractivity contribution < 1.29 is 4.79 Å². The molecular formula is C14H22O. The van der Waals surface area contributed by atoms with E-state index in [-0.39, 0.29) is 0 Å². The smallest absolute Gasteiger partial charge is 0.133 e. The summed E-state index contributed by atoms with van der Waals surface area (Å²) in [5, 5.41) is 0. The largest absolute Gasteiger partial charge is 0.300 e. The fourth-order valence-electron chi connectivity index (χ4n) is 2.88. The number of unbranched alkanes of at least 4 members (excludes halogenated alkanes) is 1. The topological polar surface area (TPSA) is 17.1 Å². The lowest BCUT2D eigenvalue weighted by Crippen LogP contribution is -1.96. The van der Waals surface area contributed by atoms with Crippen molar-refractivity contribution in [1.82, 2.24) is 0 Å². The van der Waals surface area contributed by atoms with Gasteiger partial charge < -0.3 is 0 Å². The second-order valence-electron chi connectivity index (χ2n) is 5.36. The molecule has 0 aliphatic heterocycles. The summed E-state index contributed by atoms with van der Waals surface area (Å²) < 4.78 is 0. The minimum Gasteiger partial charge on any atom is -0.300 e. The molecule has 0 aromatic rings. The molecule has 0 bridgehead atoms. The molecule has 0 N–H and O–H groups in total. The van der Waals surface area contributed by atoms with Gasteiger partial charge in [0.15, 0.2) is 0 Å². The predicted molar refractivity (Wildman–Crippen MR) is 62.5 cm³/mol. The van der Waals surface area contributed by atoms with Gasteiger partial charge in [0.2, 0.25) is 0 Å². The van der Waals surface area contributed by atoms with E-state index < -0.39 is 0 Å². The molecule has 0 heterocycles. The molecular weight excluding hydrogens is 184 g/mol. The maximum atomic E-state index is 11.1. The van der Waals surface area contributed by atoms with E-state index in [0.717, 1.165) is 36.5 Å². The Labute approximate surface area is 92.9 Å². The number of fused-ring (bicyclic) bond motifs is 1. The van der Waals surface area contributed by atoms with Crippen molar-refractivity contribution in [3.05, 3.63) is 12.2 Å². The maximum absolute atomic E-state index is 11.1. The van der Waals surface area contributed by atoms with Crippen molar-refractivity contribution in [2.24, 2.45) is 23.7 Å². The van der Waals surface area contributed by atoms with E-state index in [9.17, 15) is 4.79 Å². The highest BCUT2D eigenvalue weighted by Gasteiger charge is 2.54. The van der Waals surface area contributed by atoms with Gasteiger partial charge in [0.25, 0.3) is 0 Å². The first kappa shape index (κ1) is 10.9. The fourth-order valence-corrected chi connectivity index (χ4v) is 2.88. The summed E-state index contributed by atoms with van der Waals surface area (Å²) in [6, 6.07) is 0. The van der Waals surface area contributed by atoms with Gasteiger partial charge in [-0.3, -0.25) is 4.79 Å². The van der Waals surface area contributed by atoms with E-state index in [2.05, 4.69) is 26.0 Å². The zero-order valence-corrected chi connectivity index (χ0v) is 9.91. The number of allylic oxidation sites excluding steroid dienone is 2. The number of ketones is 1. The van der Waals surface area contributed by atoms with Gasteiger partial charge in [-0.15, -0.1) is 0 Å². The Bertz CT molecular complexity index is 253. The normalized spacial score (nSPS) is 35.9. The van der Waals surface area contributed by atoms with Crippen LogP contribution < -0.4 is 0 Å². The van der Waals surface area contributed by atoms with Gasteiger partial charge in [0, 0.05) is 12.8 Å². The Morgan fingerprint density at radius 3 is 2.67 bits per heavy atom. The molecule has 0 aromatic carbocycles. The molecule has 0 radical (unpaired) electrons. The minimum absolute atomic E-state index is 0.494. The molecule has 3 unspecified atom stereocenters. The van der Waals surface area contributed by atoms with Crippen LogP contribution in [0.25, 0.3) is 0 Å². The van der Waals surface area contributed by atoms with Gasteiger partial charge in [0.05, 0.1) is 0 Å². The third-order valence-electron chi connectivity index (χ3n) is 4.00. The van der Waals surface area contributed by atoms with Crippen LogP contribution in [-0.4, -0.2) is 5.78 Å².